The van der Waals surface area contributed by atoms with Crippen LogP contribution in [-0.2, 0) is 4.79 Å². The van der Waals surface area contributed by atoms with E-state index in [-0.39, 0.29) is 5.69 Å². The van der Waals surface area contributed by atoms with Crippen LogP contribution in [-0.4, -0.2) is 39.5 Å². The van der Waals surface area contributed by atoms with Crippen LogP contribution in [0.25, 0.3) is 0 Å². The summed E-state index contributed by atoms with van der Waals surface area (Å²) >= 11 is 0. The number of nitro benzene ring substituents is 1. The number of nitrogens with one attached hydrogen (secondary N) is 1. The monoisotopic (exact) mass is 299 g/mol. The van der Waals surface area contributed by atoms with Crippen molar-refractivity contribution in [2.75, 3.05) is 11.9 Å². The second kappa shape index (κ2) is 6.64. The van der Waals surface area contributed by atoms with E-state index in [9.17, 15) is 24.1 Å². The Morgan fingerprint density at radius 2 is 2.05 bits per heavy atom. The molecule has 0 saturated heterocycles. The lowest BCUT2D eigenvalue weighted by Crippen LogP contribution is -2.43. The van der Waals surface area contributed by atoms with Gasteiger partial charge in [0.2, 0.25) is 0 Å². The molecule has 1 rings (SSSR count). The van der Waals surface area contributed by atoms with Crippen molar-refractivity contribution >= 4 is 23.4 Å². The summed E-state index contributed by atoms with van der Waals surface area (Å²) < 4.78 is 13.2. The van der Waals surface area contributed by atoms with Crippen LogP contribution in [0.4, 0.5) is 20.6 Å². The molecule has 0 radical (unpaired) electrons. The fraction of sp³-hybridized carbons (Fsp3) is 0.333. The van der Waals surface area contributed by atoms with Gasteiger partial charge in [0.1, 0.15) is 12.4 Å². The van der Waals surface area contributed by atoms with Crippen molar-refractivity contribution in [3.63, 3.8) is 0 Å². The fourth-order valence-electron chi connectivity index (χ4n) is 1.58. The zero-order valence-electron chi connectivity index (χ0n) is 11.4. The minimum absolute atomic E-state index is 0.122. The standard InChI is InChI=1S/C12H14FN3O5/c1-7(2)15(6-11(17)18)12(19)14-9-3-8(13)4-10(5-9)16(20)21/h3-5,7H,6H2,1-2H3,(H,14,19)(H,17,18). The first-order chi connectivity index (χ1) is 9.70. The molecule has 0 atom stereocenters. The molecule has 0 unspecified atom stereocenters. The van der Waals surface area contributed by atoms with Crippen LogP contribution >= 0.6 is 0 Å². The number of carboxylic acids is 1. The Balaban J connectivity index is 2.95. The van der Waals surface area contributed by atoms with E-state index < -0.39 is 41.0 Å². The molecule has 0 aromatic heterocycles. The number of non-ortho nitro benzene ring substituents is 1. The van der Waals surface area contributed by atoms with Gasteiger partial charge in [0, 0.05) is 12.1 Å². The molecular formula is C12H14FN3O5. The Morgan fingerprint density at radius 1 is 1.43 bits per heavy atom. The summed E-state index contributed by atoms with van der Waals surface area (Å²) in [7, 11) is 0. The number of rotatable bonds is 5. The van der Waals surface area contributed by atoms with E-state index in [4.69, 9.17) is 5.11 Å². The van der Waals surface area contributed by atoms with Crippen molar-refractivity contribution in [2.24, 2.45) is 0 Å². The molecule has 2 N–H and O–H groups in total. The molecule has 0 saturated carbocycles. The van der Waals surface area contributed by atoms with Gasteiger partial charge in [0.05, 0.1) is 16.7 Å². The summed E-state index contributed by atoms with van der Waals surface area (Å²) in [6, 6.07) is 1.41. The van der Waals surface area contributed by atoms with Gasteiger partial charge in [-0.05, 0) is 19.9 Å². The maximum Gasteiger partial charge on any atom is 0.323 e. The first-order valence-corrected chi connectivity index (χ1v) is 5.95. The van der Waals surface area contributed by atoms with Gasteiger partial charge in [-0.25, -0.2) is 9.18 Å². The number of urea groups is 1. The summed E-state index contributed by atoms with van der Waals surface area (Å²) in [5.41, 5.74) is -0.637. The molecule has 21 heavy (non-hydrogen) atoms. The van der Waals surface area contributed by atoms with E-state index in [0.29, 0.717) is 6.07 Å². The molecule has 0 spiro atoms. The van der Waals surface area contributed by atoms with Gasteiger partial charge in [-0.15, -0.1) is 0 Å². The molecule has 0 aliphatic carbocycles. The normalized spacial score (nSPS) is 10.3. The molecule has 1 aromatic carbocycles. The molecule has 0 aliphatic rings. The van der Waals surface area contributed by atoms with Crippen molar-refractivity contribution in [1.82, 2.24) is 4.90 Å². The molecule has 0 heterocycles. The molecule has 0 bridgehead atoms. The number of carboxylic acid groups (broad SMARTS) is 1. The van der Waals surface area contributed by atoms with Crippen molar-refractivity contribution in [3.05, 3.63) is 34.1 Å². The Kier molecular flexibility index (Phi) is 5.17. The number of nitro groups is 1. The SMILES string of the molecule is CC(C)N(CC(=O)O)C(=O)Nc1cc(F)cc([N+](=O)[O-])c1. The molecule has 8 nitrogen and oxygen atoms in total. The highest BCUT2D eigenvalue weighted by molar-refractivity contribution is 5.91. The summed E-state index contributed by atoms with van der Waals surface area (Å²) in [5.74, 6) is -2.09. The molecule has 2 amide bonds. The minimum Gasteiger partial charge on any atom is -0.480 e. The Morgan fingerprint density at radius 3 is 2.52 bits per heavy atom. The predicted octanol–water partition coefficient (Wildman–Crippen LogP) is 2.06. The molecular weight excluding hydrogens is 285 g/mol. The predicted molar refractivity (Wildman–Crippen MR) is 71.6 cm³/mol. The van der Waals surface area contributed by atoms with Crippen LogP contribution < -0.4 is 5.32 Å². The number of benzene rings is 1. The highest BCUT2D eigenvalue weighted by Crippen LogP contribution is 2.20. The molecule has 9 heteroatoms. The summed E-state index contributed by atoms with van der Waals surface area (Å²) in [6.45, 7) is 2.67. The van der Waals surface area contributed by atoms with Gasteiger partial charge in [0.15, 0.2) is 0 Å². The Bertz CT molecular complexity index is 576. The number of halogens is 1. The van der Waals surface area contributed by atoms with Gasteiger partial charge >= 0.3 is 12.0 Å². The van der Waals surface area contributed by atoms with Crippen LogP contribution in [0, 0.1) is 15.9 Å². The number of carbonyl (C=O) groups excluding carboxylic acids is 1. The second-order valence-corrected chi connectivity index (χ2v) is 4.50. The zero-order valence-corrected chi connectivity index (χ0v) is 11.4. The van der Waals surface area contributed by atoms with Gasteiger partial charge in [-0.2, -0.15) is 0 Å². The van der Waals surface area contributed by atoms with E-state index in [2.05, 4.69) is 5.32 Å². The summed E-state index contributed by atoms with van der Waals surface area (Å²) in [5, 5.41) is 21.6. The van der Waals surface area contributed by atoms with Crippen molar-refractivity contribution in [2.45, 2.75) is 19.9 Å². The number of nitrogens with zero attached hydrogens (tertiary/aromatic N) is 2. The fourth-order valence-corrected chi connectivity index (χ4v) is 1.58. The van der Waals surface area contributed by atoms with E-state index in [1.807, 2.05) is 0 Å². The van der Waals surface area contributed by atoms with Crippen LogP contribution in [0.2, 0.25) is 0 Å². The highest BCUT2D eigenvalue weighted by Gasteiger charge is 2.21. The highest BCUT2D eigenvalue weighted by atomic mass is 19.1. The number of amides is 2. The summed E-state index contributed by atoms with van der Waals surface area (Å²) in [4.78, 5) is 33.5. The van der Waals surface area contributed by atoms with E-state index >= 15 is 0 Å². The third-order valence-electron chi connectivity index (χ3n) is 2.53. The Hall–Kier alpha value is -2.71. The molecule has 0 fully saturated rings. The quantitative estimate of drug-likeness (QED) is 0.638. The van der Waals surface area contributed by atoms with Crippen molar-refractivity contribution < 1.29 is 24.0 Å². The number of hydrogen-bond donors (Lipinski definition) is 2. The smallest absolute Gasteiger partial charge is 0.323 e. The topological polar surface area (TPSA) is 113 Å². The average molecular weight is 299 g/mol. The lowest BCUT2D eigenvalue weighted by Gasteiger charge is -2.25. The lowest BCUT2D eigenvalue weighted by atomic mass is 10.2. The maximum atomic E-state index is 13.2. The van der Waals surface area contributed by atoms with Crippen molar-refractivity contribution in [3.8, 4) is 0 Å². The van der Waals surface area contributed by atoms with Crippen LogP contribution in [0.15, 0.2) is 18.2 Å². The summed E-state index contributed by atoms with van der Waals surface area (Å²) in [6.07, 6.45) is 0. The number of aliphatic carboxylic acids is 1. The first-order valence-electron chi connectivity index (χ1n) is 5.95. The third-order valence-corrected chi connectivity index (χ3v) is 2.53. The molecule has 114 valence electrons. The molecule has 1 aromatic rings. The Labute approximate surface area is 119 Å². The van der Waals surface area contributed by atoms with E-state index in [0.717, 1.165) is 17.0 Å². The number of carbonyl (C=O) groups is 2. The van der Waals surface area contributed by atoms with Gasteiger partial charge < -0.3 is 15.3 Å². The minimum atomic E-state index is -1.20. The first kappa shape index (κ1) is 16.3. The lowest BCUT2D eigenvalue weighted by molar-refractivity contribution is -0.385. The average Bonchev–Trinajstić information content (AvgIpc) is 2.34. The van der Waals surface area contributed by atoms with Crippen molar-refractivity contribution in [1.29, 1.82) is 0 Å². The number of hydrogen-bond acceptors (Lipinski definition) is 4. The molecule has 0 aliphatic heterocycles. The second-order valence-electron chi connectivity index (χ2n) is 4.50. The van der Waals surface area contributed by atoms with E-state index in [1.165, 1.54) is 0 Å². The van der Waals surface area contributed by atoms with Crippen LogP contribution in [0.1, 0.15) is 13.8 Å². The zero-order chi connectivity index (χ0) is 16.2. The largest absolute Gasteiger partial charge is 0.480 e. The van der Waals surface area contributed by atoms with E-state index in [1.54, 1.807) is 13.8 Å². The van der Waals surface area contributed by atoms with Crippen LogP contribution in [0.5, 0.6) is 0 Å². The maximum absolute atomic E-state index is 13.2. The van der Waals surface area contributed by atoms with Gasteiger partial charge in [-0.3, -0.25) is 14.9 Å². The van der Waals surface area contributed by atoms with Gasteiger partial charge in [-0.1, -0.05) is 0 Å². The van der Waals surface area contributed by atoms with Gasteiger partial charge in [0.25, 0.3) is 5.69 Å². The van der Waals surface area contributed by atoms with Crippen LogP contribution in [0.3, 0.4) is 0 Å². The number of anilines is 1. The third kappa shape index (κ3) is 4.71.